The summed E-state index contributed by atoms with van der Waals surface area (Å²) in [6, 6.07) is 67.1. The standard InChI is InChI=1S/C48H29BN2SSi/c1-2-14-30(15-3-1)31-28-35-34-18-12-27-45-47(34)51(38-21-7-11-26-44(38)53(45)42-24-9-4-16-32(42)33-17-5-10-25-43(33)53)49-36-19-13-23-41-48(36)50(39(29-31)46(35)49)37-20-6-8-22-40(37)52-41/h1-29H. The number of hydrogen-bond donors (Lipinski definition) is 0. The molecule has 0 atom stereocenters. The maximum Gasteiger partial charge on any atom is 0.333 e. The van der Waals surface area contributed by atoms with Crippen molar-refractivity contribution in [2.24, 2.45) is 0 Å². The summed E-state index contributed by atoms with van der Waals surface area (Å²) in [7, 11) is -2.71. The fourth-order valence-electron chi connectivity index (χ4n) is 10.5. The Labute approximate surface area is 314 Å². The smallest absolute Gasteiger partial charge is 0.333 e. The lowest BCUT2D eigenvalue weighted by Gasteiger charge is -2.52. The molecule has 5 aliphatic rings. The molecule has 53 heavy (non-hydrogen) atoms. The highest BCUT2D eigenvalue weighted by molar-refractivity contribution is 7.99. The maximum atomic E-state index is 2.76. The van der Waals surface area contributed by atoms with E-state index >= 15 is 0 Å². The number of para-hydroxylation sites is 4. The second-order valence-electron chi connectivity index (χ2n) is 14.8. The van der Waals surface area contributed by atoms with E-state index in [2.05, 4.69) is 186 Å². The molecule has 5 aliphatic heterocycles. The van der Waals surface area contributed by atoms with Crippen LogP contribution in [0.2, 0.25) is 0 Å². The summed E-state index contributed by atoms with van der Waals surface area (Å²) in [5.41, 5.74) is 17.3. The van der Waals surface area contributed by atoms with Crippen LogP contribution in [-0.2, 0) is 0 Å². The predicted octanol–water partition coefficient (Wildman–Crippen LogP) is 8.20. The first-order valence-corrected chi connectivity index (χ1v) is 21.3. The second kappa shape index (κ2) is 10.1. The van der Waals surface area contributed by atoms with Gasteiger partial charge in [0, 0.05) is 32.4 Å². The Morgan fingerprint density at radius 2 is 1.04 bits per heavy atom. The third kappa shape index (κ3) is 3.39. The summed E-state index contributed by atoms with van der Waals surface area (Å²) in [6.45, 7) is 0.00919. The Morgan fingerprint density at radius 3 is 1.85 bits per heavy atom. The van der Waals surface area contributed by atoms with Crippen molar-refractivity contribution in [2.45, 2.75) is 9.79 Å². The van der Waals surface area contributed by atoms with E-state index in [0.717, 1.165) is 0 Å². The summed E-state index contributed by atoms with van der Waals surface area (Å²) in [5.74, 6) is 0. The second-order valence-corrected chi connectivity index (χ2v) is 19.5. The van der Waals surface area contributed by atoms with Gasteiger partial charge in [0.25, 0.3) is 0 Å². The zero-order valence-corrected chi connectivity index (χ0v) is 30.4. The van der Waals surface area contributed by atoms with Crippen molar-refractivity contribution in [2.75, 3.05) is 9.71 Å². The molecule has 0 amide bonds. The van der Waals surface area contributed by atoms with Crippen molar-refractivity contribution in [3.63, 3.8) is 0 Å². The average Bonchev–Trinajstić information content (AvgIpc) is 3.52. The molecule has 2 nitrogen and oxygen atoms in total. The van der Waals surface area contributed by atoms with Crippen LogP contribution in [0.1, 0.15) is 0 Å². The van der Waals surface area contributed by atoms with E-state index in [1.807, 2.05) is 11.8 Å². The number of fused-ring (bicyclic) bond motifs is 15. The van der Waals surface area contributed by atoms with Crippen LogP contribution in [-0.4, -0.2) is 14.9 Å². The molecular formula is C48H29BN2SSi. The largest absolute Gasteiger partial charge is 0.376 e. The van der Waals surface area contributed by atoms with E-state index < -0.39 is 8.07 Å². The molecule has 13 rings (SSSR count). The molecule has 5 heteroatoms. The van der Waals surface area contributed by atoms with Gasteiger partial charge in [-0.05, 0) is 95.9 Å². The lowest BCUT2D eigenvalue weighted by atomic mass is 9.43. The van der Waals surface area contributed by atoms with Crippen LogP contribution in [0.4, 0.5) is 28.4 Å². The lowest BCUT2D eigenvalue weighted by Crippen LogP contribution is -2.78. The number of rotatable bonds is 1. The van der Waals surface area contributed by atoms with E-state index in [9.17, 15) is 0 Å². The van der Waals surface area contributed by atoms with Gasteiger partial charge < -0.3 is 9.71 Å². The first-order chi connectivity index (χ1) is 26.3. The maximum absolute atomic E-state index is 2.76. The molecular weight excluding hydrogens is 676 g/mol. The molecule has 1 spiro atoms. The van der Waals surface area contributed by atoms with Crippen molar-refractivity contribution in [1.82, 2.24) is 0 Å². The van der Waals surface area contributed by atoms with Gasteiger partial charge in [0.05, 0.1) is 11.4 Å². The molecule has 0 radical (unpaired) electrons. The molecule has 5 heterocycles. The van der Waals surface area contributed by atoms with E-state index in [1.165, 1.54) is 103 Å². The Kier molecular flexibility index (Phi) is 5.45. The van der Waals surface area contributed by atoms with Crippen LogP contribution in [0.5, 0.6) is 0 Å². The van der Waals surface area contributed by atoms with Gasteiger partial charge in [0.1, 0.15) is 0 Å². The molecule has 0 fully saturated rings. The van der Waals surface area contributed by atoms with Gasteiger partial charge in [-0.1, -0.05) is 151 Å². The van der Waals surface area contributed by atoms with Gasteiger partial charge in [-0.2, -0.15) is 0 Å². The first-order valence-electron chi connectivity index (χ1n) is 18.5. The Balaban J connectivity index is 1.21. The Morgan fingerprint density at radius 1 is 0.415 bits per heavy atom. The SMILES string of the molecule is c1ccc(-c2cc3c4c(c2)N2c5ccccc5Sc5cccc(c52)B4N2c4ccccc4[Si]4(c5ccccc5-c5ccccc54)c4cccc-3c42)cc1. The minimum atomic E-state index is -2.71. The normalized spacial score (nSPS) is 15.1. The highest BCUT2D eigenvalue weighted by Crippen LogP contribution is 2.55. The minimum Gasteiger partial charge on any atom is -0.376 e. The van der Waals surface area contributed by atoms with Gasteiger partial charge in [-0.25, -0.2) is 0 Å². The van der Waals surface area contributed by atoms with Crippen LogP contribution in [0, 0.1) is 0 Å². The summed E-state index contributed by atoms with van der Waals surface area (Å²) in [4.78, 5) is 7.95. The van der Waals surface area contributed by atoms with Crippen LogP contribution < -0.4 is 41.4 Å². The zero-order valence-electron chi connectivity index (χ0n) is 28.6. The number of hydrogen-bond acceptors (Lipinski definition) is 3. The zero-order chi connectivity index (χ0) is 34.4. The van der Waals surface area contributed by atoms with Crippen molar-refractivity contribution >= 4 is 86.8 Å². The van der Waals surface area contributed by atoms with E-state index in [4.69, 9.17) is 0 Å². The van der Waals surface area contributed by atoms with E-state index in [-0.39, 0.29) is 6.85 Å². The summed E-state index contributed by atoms with van der Waals surface area (Å²) in [6.07, 6.45) is 0. The van der Waals surface area contributed by atoms with Crippen molar-refractivity contribution in [3.8, 4) is 33.4 Å². The molecule has 8 aromatic carbocycles. The summed E-state index contributed by atoms with van der Waals surface area (Å²) in [5, 5.41) is 5.99. The van der Waals surface area contributed by atoms with Gasteiger partial charge in [0.15, 0.2) is 8.07 Å². The molecule has 0 aromatic heterocycles. The molecule has 8 aromatic rings. The molecule has 0 saturated heterocycles. The quantitative estimate of drug-likeness (QED) is 0.159. The summed E-state index contributed by atoms with van der Waals surface area (Å²) >= 11 is 1.90. The highest BCUT2D eigenvalue weighted by Gasteiger charge is 2.57. The van der Waals surface area contributed by atoms with Crippen LogP contribution in [0.15, 0.2) is 186 Å². The number of anilines is 5. The average molecular weight is 705 g/mol. The lowest BCUT2D eigenvalue weighted by molar-refractivity contribution is 1.17. The fourth-order valence-corrected chi connectivity index (χ4v) is 17.2. The van der Waals surface area contributed by atoms with Crippen LogP contribution in [0.25, 0.3) is 33.4 Å². The van der Waals surface area contributed by atoms with Crippen LogP contribution >= 0.6 is 11.8 Å². The molecule has 0 bridgehead atoms. The van der Waals surface area contributed by atoms with Gasteiger partial charge in [-0.3, -0.25) is 0 Å². The van der Waals surface area contributed by atoms with Crippen molar-refractivity contribution < 1.29 is 0 Å². The number of benzene rings is 8. The molecule has 0 saturated carbocycles. The van der Waals surface area contributed by atoms with Gasteiger partial charge in [-0.15, -0.1) is 0 Å². The third-order valence-corrected chi connectivity index (χ3v) is 18.4. The van der Waals surface area contributed by atoms with E-state index in [0.29, 0.717) is 0 Å². The Hall–Kier alpha value is -6.01. The molecule has 0 aliphatic carbocycles. The predicted molar refractivity (Wildman–Crippen MR) is 226 cm³/mol. The van der Waals surface area contributed by atoms with Gasteiger partial charge >= 0.3 is 6.85 Å². The Bertz CT molecular complexity index is 2880. The van der Waals surface area contributed by atoms with E-state index in [1.54, 1.807) is 0 Å². The minimum absolute atomic E-state index is 0.00919. The fraction of sp³-hybridized carbons (Fsp3) is 0. The monoisotopic (exact) mass is 704 g/mol. The number of nitrogens with zero attached hydrogens (tertiary/aromatic N) is 2. The molecule has 0 unspecified atom stereocenters. The first kappa shape index (κ1) is 28.6. The van der Waals surface area contributed by atoms with Crippen LogP contribution in [0.3, 0.4) is 0 Å². The van der Waals surface area contributed by atoms with Crippen molar-refractivity contribution in [1.29, 1.82) is 0 Å². The van der Waals surface area contributed by atoms with Crippen molar-refractivity contribution in [3.05, 3.63) is 176 Å². The van der Waals surface area contributed by atoms with Gasteiger partial charge in [0.2, 0.25) is 0 Å². The highest BCUT2D eigenvalue weighted by atomic mass is 32.2. The third-order valence-electron chi connectivity index (χ3n) is 12.4. The topological polar surface area (TPSA) is 6.48 Å². The molecule has 0 N–H and O–H groups in total. The molecule has 244 valence electrons. The summed E-state index contributed by atoms with van der Waals surface area (Å²) < 4.78 is 0.